The molecule has 1 aromatic heterocycles. The largest absolute Gasteiger partial charge is 0.495 e. The van der Waals surface area contributed by atoms with Gasteiger partial charge in [-0.25, -0.2) is 0 Å². The number of ether oxygens (including phenoxy) is 2. The van der Waals surface area contributed by atoms with Crippen molar-refractivity contribution in [1.82, 2.24) is 4.90 Å². The molecule has 0 aliphatic carbocycles. The lowest BCUT2D eigenvalue weighted by Gasteiger charge is -2.42. The van der Waals surface area contributed by atoms with Crippen LogP contribution in [-0.4, -0.2) is 61.0 Å². The molecule has 158 valence electrons. The first-order valence-corrected chi connectivity index (χ1v) is 10.4. The molecule has 30 heavy (non-hydrogen) atoms. The lowest BCUT2D eigenvalue weighted by molar-refractivity contribution is -0.137. The van der Waals surface area contributed by atoms with Crippen LogP contribution in [0.2, 0.25) is 0 Å². The predicted molar refractivity (Wildman–Crippen MR) is 114 cm³/mol. The second kappa shape index (κ2) is 7.58. The number of piperidine rings is 1. The maximum absolute atomic E-state index is 12.8. The number of aliphatic hydroxyl groups is 1. The normalized spacial score (nSPS) is 24.7. The number of nitrogens with zero attached hydrogens (tertiary/aromatic N) is 1. The molecule has 0 radical (unpaired) electrons. The number of nitrogens with one attached hydrogen (secondary N) is 1. The average Bonchev–Trinajstić information content (AvgIpc) is 3.35. The van der Waals surface area contributed by atoms with Crippen molar-refractivity contribution >= 4 is 33.5 Å². The molecular formula is C23H26N2O5. The van der Waals surface area contributed by atoms with E-state index in [2.05, 4.69) is 10.2 Å². The number of hydrogen-bond acceptors (Lipinski definition) is 6. The van der Waals surface area contributed by atoms with Crippen LogP contribution in [0, 0.1) is 0 Å². The van der Waals surface area contributed by atoms with Crippen molar-refractivity contribution in [2.75, 3.05) is 38.7 Å². The number of amides is 1. The van der Waals surface area contributed by atoms with Crippen molar-refractivity contribution in [1.29, 1.82) is 0 Å². The fourth-order valence-corrected chi connectivity index (χ4v) is 4.78. The van der Waals surface area contributed by atoms with Gasteiger partial charge < -0.3 is 24.3 Å². The first-order chi connectivity index (χ1) is 14.6. The van der Waals surface area contributed by atoms with Gasteiger partial charge in [-0.3, -0.25) is 9.69 Å². The number of hydrogen-bond donors (Lipinski definition) is 2. The minimum Gasteiger partial charge on any atom is -0.495 e. The van der Waals surface area contributed by atoms with Crippen molar-refractivity contribution in [3.05, 3.63) is 36.4 Å². The molecule has 1 amide bonds. The van der Waals surface area contributed by atoms with Crippen LogP contribution in [-0.2, 0) is 9.53 Å². The van der Waals surface area contributed by atoms with Crippen LogP contribution in [0.1, 0.15) is 19.3 Å². The third-order valence-electron chi connectivity index (χ3n) is 6.29. The van der Waals surface area contributed by atoms with E-state index in [0.29, 0.717) is 43.1 Å². The van der Waals surface area contributed by atoms with Crippen LogP contribution in [0.3, 0.4) is 0 Å². The molecule has 0 unspecified atom stereocenters. The van der Waals surface area contributed by atoms with E-state index in [1.165, 1.54) is 0 Å². The number of likely N-dealkylation sites (tertiary alicyclic amines) is 1. The smallest absolute Gasteiger partial charge is 0.238 e. The summed E-state index contributed by atoms with van der Waals surface area (Å²) in [6.07, 6.45) is 1.94. The van der Waals surface area contributed by atoms with Gasteiger partial charge in [-0.1, -0.05) is 18.2 Å². The summed E-state index contributed by atoms with van der Waals surface area (Å²) in [6, 6.07) is 11.5. The van der Waals surface area contributed by atoms with E-state index in [9.17, 15) is 9.90 Å². The summed E-state index contributed by atoms with van der Waals surface area (Å²) < 4.78 is 17.3. The van der Waals surface area contributed by atoms with Gasteiger partial charge in [0, 0.05) is 36.5 Å². The van der Waals surface area contributed by atoms with E-state index in [0.717, 1.165) is 29.2 Å². The highest BCUT2D eigenvalue weighted by atomic mass is 16.5. The quantitative estimate of drug-likeness (QED) is 0.688. The Morgan fingerprint density at radius 3 is 2.97 bits per heavy atom. The minimum atomic E-state index is -0.524. The SMILES string of the molecule is COc1cc2c(cc1NC(=O)CN1CC[C@H](O)[C@]3(CCCO3)C1)oc1ccccc12. The van der Waals surface area contributed by atoms with E-state index in [-0.39, 0.29) is 12.5 Å². The first-order valence-electron chi connectivity index (χ1n) is 10.4. The van der Waals surface area contributed by atoms with Crippen molar-refractivity contribution in [3.63, 3.8) is 0 Å². The third kappa shape index (κ3) is 3.33. The van der Waals surface area contributed by atoms with Crippen LogP contribution in [0.5, 0.6) is 5.75 Å². The topological polar surface area (TPSA) is 84.2 Å². The number of methoxy groups -OCH3 is 1. The fraction of sp³-hybridized carbons (Fsp3) is 0.435. The van der Waals surface area contributed by atoms with Crippen molar-refractivity contribution in [2.24, 2.45) is 0 Å². The number of anilines is 1. The van der Waals surface area contributed by atoms with Crippen LogP contribution in [0.4, 0.5) is 5.69 Å². The highest BCUT2D eigenvalue weighted by Crippen LogP contribution is 2.37. The van der Waals surface area contributed by atoms with Crippen LogP contribution < -0.4 is 10.1 Å². The van der Waals surface area contributed by atoms with Gasteiger partial charge in [0.25, 0.3) is 0 Å². The summed E-state index contributed by atoms with van der Waals surface area (Å²) >= 11 is 0. The lowest BCUT2D eigenvalue weighted by Crippen LogP contribution is -2.57. The number of furan rings is 1. The van der Waals surface area contributed by atoms with Gasteiger partial charge in [0.2, 0.25) is 5.91 Å². The Bertz CT molecular complexity index is 1090. The molecule has 2 aliphatic rings. The Labute approximate surface area is 174 Å². The Hall–Kier alpha value is -2.61. The molecule has 2 aliphatic heterocycles. The molecule has 2 aromatic carbocycles. The van der Waals surface area contributed by atoms with E-state index < -0.39 is 11.7 Å². The van der Waals surface area contributed by atoms with Gasteiger partial charge in [0.1, 0.15) is 22.5 Å². The maximum atomic E-state index is 12.8. The molecule has 2 N–H and O–H groups in total. The van der Waals surface area contributed by atoms with Crippen LogP contribution in [0.25, 0.3) is 21.9 Å². The molecule has 3 aromatic rings. The highest BCUT2D eigenvalue weighted by molar-refractivity contribution is 6.07. The third-order valence-corrected chi connectivity index (χ3v) is 6.29. The van der Waals surface area contributed by atoms with E-state index in [1.807, 2.05) is 36.4 Å². The zero-order valence-electron chi connectivity index (χ0n) is 17.0. The average molecular weight is 410 g/mol. The second-order valence-electron chi connectivity index (χ2n) is 8.23. The summed E-state index contributed by atoms with van der Waals surface area (Å²) in [7, 11) is 1.59. The van der Waals surface area contributed by atoms with Crippen molar-refractivity contribution in [2.45, 2.75) is 31.0 Å². The van der Waals surface area contributed by atoms with Crippen molar-refractivity contribution < 1.29 is 23.8 Å². The van der Waals surface area contributed by atoms with Gasteiger partial charge in [-0.05, 0) is 31.4 Å². The monoisotopic (exact) mass is 410 g/mol. The summed E-state index contributed by atoms with van der Waals surface area (Å²) in [5, 5.41) is 15.3. The standard InChI is InChI=1S/C23H26N2O5/c1-28-20-11-16-15-5-2-3-6-18(15)30-19(16)12-17(20)24-22(27)13-25-9-7-21(26)23(14-25)8-4-10-29-23/h2-3,5-6,11-12,21,26H,4,7-10,13-14H2,1H3,(H,24,27)/t21-,23-/m0/s1. The predicted octanol–water partition coefficient (Wildman–Crippen LogP) is 3.15. The molecule has 2 saturated heterocycles. The van der Waals surface area contributed by atoms with Crippen LogP contribution in [0.15, 0.2) is 40.8 Å². The van der Waals surface area contributed by atoms with Crippen molar-refractivity contribution in [3.8, 4) is 5.75 Å². The number of rotatable bonds is 4. The number of fused-ring (bicyclic) bond motifs is 3. The fourth-order valence-electron chi connectivity index (χ4n) is 4.78. The van der Waals surface area contributed by atoms with E-state index in [1.54, 1.807) is 7.11 Å². The van der Waals surface area contributed by atoms with Gasteiger partial charge >= 0.3 is 0 Å². The lowest BCUT2D eigenvalue weighted by atomic mass is 9.87. The highest BCUT2D eigenvalue weighted by Gasteiger charge is 2.46. The molecule has 7 heteroatoms. The Balaban J connectivity index is 1.34. The molecule has 5 rings (SSSR count). The number of benzene rings is 2. The summed E-state index contributed by atoms with van der Waals surface area (Å²) in [5.41, 5.74) is 1.56. The Kier molecular flexibility index (Phi) is 4.89. The summed E-state index contributed by atoms with van der Waals surface area (Å²) in [5.74, 6) is 0.459. The first kappa shape index (κ1) is 19.4. The molecule has 7 nitrogen and oxygen atoms in total. The van der Waals surface area contributed by atoms with Gasteiger partial charge in [-0.15, -0.1) is 0 Å². The number of aliphatic hydroxyl groups excluding tert-OH is 1. The van der Waals surface area contributed by atoms with E-state index in [4.69, 9.17) is 13.9 Å². The summed E-state index contributed by atoms with van der Waals surface area (Å²) in [4.78, 5) is 14.9. The van der Waals surface area contributed by atoms with Gasteiger partial charge in [0.15, 0.2) is 0 Å². The zero-order chi connectivity index (χ0) is 20.7. The minimum absolute atomic E-state index is 0.131. The number of para-hydroxylation sites is 1. The zero-order valence-corrected chi connectivity index (χ0v) is 17.0. The maximum Gasteiger partial charge on any atom is 0.238 e. The Morgan fingerprint density at radius 2 is 2.17 bits per heavy atom. The van der Waals surface area contributed by atoms with Gasteiger partial charge in [-0.2, -0.15) is 0 Å². The Morgan fingerprint density at radius 1 is 1.30 bits per heavy atom. The molecule has 3 heterocycles. The second-order valence-corrected chi connectivity index (χ2v) is 8.23. The molecule has 2 fully saturated rings. The number of carbonyl (C=O) groups excluding carboxylic acids is 1. The molecule has 2 atom stereocenters. The molecule has 1 spiro atoms. The molecule has 0 saturated carbocycles. The molecular weight excluding hydrogens is 384 g/mol. The summed E-state index contributed by atoms with van der Waals surface area (Å²) in [6.45, 7) is 2.14. The van der Waals surface area contributed by atoms with Gasteiger partial charge in [0.05, 0.1) is 25.4 Å². The molecule has 0 bridgehead atoms. The van der Waals surface area contributed by atoms with E-state index >= 15 is 0 Å². The van der Waals surface area contributed by atoms with Crippen LogP contribution >= 0.6 is 0 Å². The number of carbonyl (C=O) groups is 1.